The highest BCUT2D eigenvalue weighted by atomic mass is 16.6. The molecular formula is C21H24O7. The van der Waals surface area contributed by atoms with Gasteiger partial charge in [0.25, 0.3) is 0 Å². The predicted molar refractivity (Wildman–Crippen MR) is 99.8 cm³/mol. The summed E-state index contributed by atoms with van der Waals surface area (Å²) in [5, 5.41) is 39.7. The fraction of sp³-hybridized carbons (Fsp3) is 0.381. The predicted octanol–water partition coefficient (Wildman–Crippen LogP) is 1.07. The Morgan fingerprint density at radius 3 is 2.50 bits per heavy atom. The lowest BCUT2D eigenvalue weighted by atomic mass is 9.80. The van der Waals surface area contributed by atoms with Crippen LogP contribution in [-0.2, 0) is 35.6 Å². The second kappa shape index (κ2) is 8.18. The molecule has 1 aliphatic rings. The molecule has 1 heterocycles. The molecular weight excluding hydrogens is 364 g/mol. The van der Waals surface area contributed by atoms with Crippen LogP contribution in [0.3, 0.4) is 0 Å². The van der Waals surface area contributed by atoms with Crippen LogP contribution in [0.1, 0.15) is 22.3 Å². The third-order valence-electron chi connectivity index (χ3n) is 5.26. The van der Waals surface area contributed by atoms with Crippen LogP contribution in [0.15, 0.2) is 36.4 Å². The van der Waals surface area contributed by atoms with Gasteiger partial charge >= 0.3 is 5.97 Å². The van der Waals surface area contributed by atoms with Crippen molar-refractivity contribution in [1.29, 1.82) is 0 Å². The highest BCUT2D eigenvalue weighted by Crippen LogP contribution is 2.35. The van der Waals surface area contributed by atoms with Gasteiger partial charge < -0.3 is 29.9 Å². The van der Waals surface area contributed by atoms with Crippen LogP contribution in [0.25, 0.3) is 0 Å². The van der Waals surface area contributed by atoms with Crippen molar-refractivity contribution >= 4 is 5.97 Å². The first-order chi connectivity index (χ1) is 13.4. The number of benzene rings is 2. The largest absolute Gasteiger partial charge is 0.504 e. The standard InChI is InChI=1S/C21H24O7/c1-27-19-8-14(3-5-18(19)24)9-21(26)17(12-28-20(21)25)7-13-2-4-15(10-22)16(6-13)11-23/h2-6,8,17,22-24,26H,7,9-12H2,1H3/t17?,21-/m0/s1. The van der Waals surface area contributed by atoms with E-state index in [1.54, 1.807) is 30.3 Å². The van der Waals surface area contributed by atoms with Gasteiger partial charge in [-0.05, 0) is 40.8 Å². The third-order valence-corrected chi connectivity index (χ3v) is 5.26. The van der Waals surface area contributed by atoms with Crippen molar-refractivity contribution < 1.29 is 34.7 Å². The average molecular weight is 388 g/mol. The highest BCUT2D eigenvalue weighted by molar-refractivity contribution is 5.82. The van der Waals surface area contributed by atoms with Crippen molar-refractivity contribution in [2.45, 2.75) is 31.7 Å². The van der Waals surface area contributed by atoms with Gasteiger partial charge in [-0.15, -0.1) is 0 Å². The number of phenolic OH excluding ortho intramolecular Hbond substituents is 1. The molecule has 0 spiro atoms. The molecule has 7 nitrogen and oxygen atoms in total. The highest BCUT2D eigenvalue weighted by Gasteiger charge is 2.51. The van der Waals surface area contributed by atoms with Crippen LogP contribution in [-0.4, -0.2) is 45.7 Å². The minimum absolute atomic E-state index is 0.0225. The summed E-state index contributed by atoms with van der Waals surface area (Å²) in [6.07, 6.45) is 0.394. The summed E-state index contributed by atoms with van der Waals surface area (Å²) in [6.45, 7) is -0.296. The summed E-state index contributed by atoms with van der Waals surface area (Å²) >= 11 is 0. The molecule has 1 unspecified atom stereocenters. The molecule has 28 heavy (non-hydrogen) atoms. The zero-order valence-corrected chi connectivity index (χ0v) is 15.6. The monoisotopic (exact) mass is 388 g/mol. The van der Waals surface area contributed by atoms with Crippen molar-refractivity contribution in [2.75, 3.05) is 13.7 Å². The Kier molecular flexibility index (Phi) is 5.88. The molecule has 1 aliphatic heterocycles. The number of cyclic esters (lactones) is 1. The van der Waals surface area contributed by atoms with Crippen molar-refractivity contribution in [3.05, 3.63) is 58.7 Å². The van der Waals surface area contributed by atoms with Gasteiger partial charge in [0.1, 0.15) is 0 Å². The SMILES string of the molecule is COc1cc(C[C@@]2(O)C(=O)OCC2Cc2ccc(CO)c(CO)c2)ccc1O. The molecule has 0 radical (unpaired) electrons. The van der Waals surface area contributed by atoms with E-state index in [4.69, 9.17) is 9.47 Å². The number of hydrogen-bond donors (Lipinski definition) is 4. The van der Waals surface area contributed by atoms with Gasteiger partial charge in [0.2, 0.25) is 0 Å². The van der Waals surface area contributed by atoms with Crippen molar-refractivity contribution in [2.24, 2.45) is 5.92 Å². The van der Waals surface area contributed by atoms with E-state index in [1.165, 1.54) is 13.2 Å². The van der Waals surface area contributed by atoms with Gasteiger partial charge in [0.05, 0.1) is 26.9 Å². The number of aliphatic hydroxyl groups is 3. The lowest BCUT2D eigenvalue weighted by Gasteiger charge is -2.26. The second-order valence-electron chi connectivity index (χ2n) is 7.03. The molecule has 0 aliphatic carbocycles. The van der Waals surface area contributed by atoms with Crippen LogP contribution >= 0.6 is 0 Å². The number of aliphatic hydroxyl groups excluding tert-OH is 2. The van der Waals surface area contributed by atoms with Gasteiger partial charge in [-0.2, -0.15) is 0 Å². The number of carbonyl (C=O) groups excluding carboxylic acids is 1. The van der Waals surface area contributed by atoms with E-state index in [0.29, 0.717) is 23.1 Å². The van der Waals surface area contributed by atoms with Gasteiger partial charge in [-0.1, -0.05) is 24.3 Å². The fourth-order valence-corrected chi connectivity index (χ4v) is 3.59. The third kappa shape index (κ3) is 3.82. The van der Waals surface area contributed by atoms with Gasteiger partial charge in [0.15, 0.2) is 17.1 Å². The van der Waals surface area contributed by atoms with Crippen LogP contribution in [0.2, 0.25) is 0 Å². The summed E-state index contributed by atoms with van der Waals surface area (Å²) in [6, 6.07) is 9.94. The molecule has 7 heteroatoms. The zero-order valence-electron chi connectivity index (χ0n) is 15.6. The molecule has 2 aromatic rings. The molecule has 2 atom stereocenters. The first-order valence-electron chi connectivity index (χ1n) is 8.99. The Morgan fingerprint density at radius 2 is 1.82 bits per heavy atom. The topological polar surface area (TPSA) is 116 Å². The first-order valence-corrected chi connectivity index (χ1v) is 8.99. The lowest BCUT2D eigenvalue weighted by molar-refractivity contribution is -0.154. The minimum Gasteiger partial charge on any atom is -0.504 e. The van der Waals surface area contributed by atoms with Crippen LogP contribution in [0.4, 0.5) is 0 Å². The molecule has 1 saturated heterocycles. The van der Waals surface area contributed by atoms with E-state index in [2.05, 4.69) is 0 Å². The Balaban J connectivity index is 1.84. The summed E-state index contributed by atoms with van der Waals surface area (Å²) in [5.74, 6) is -0.925. The fourth-order valence-electron chi connectivity index (χ4n) is 3.59. The number of ether oxygens (including phenoxy) is 2. The number of rotatable bonds is 7. The smallest absolute Gasteiger partial charge is 0.338 e. The Morgan fingerprint density at radius 1 is 1.11 bits per heavy atom. The van der Waals surface area contributed by atoms with E-state index in [1.807, 2.05) is 0 Å². The molecule has 0 aromatic heterocycles. The van der Waals surface area contributed by atoms with E-state index in [0.717, 1.165) is 5.56 Å². The van der Waals surface area contributed by atoms with Crippen molar-refractivity contribution in [3.63, 3.8) is 0 Å². The maximum atomic E-state index is 12.3. The van der Waals surface area contributed by atoms with Gasteiger partial charge in [-0.25, -0.2) is 4.79 Å². The Bertz CT molecular complexity index is 864. The van der Waals surface area contributed by atoms with E-state index >= 15 is 0 Å². The Hall–Kier alpha value is -2.61. The molecule has 0 amide bonds. The van der Waals surface area contributed by atoms with Crippen molar-refractivity contribution in [1.82, 2.24) is 0 Å². The maximum Gasteiger partial charge on any atom is 0.338 e. The number of carbonyl (C=O) groups is 1. The second-order valence-corrected chi connectivity index (χ2v) is 7.03. The number of esters is 1. The minimum atomic E-state index is -1.71. The number of methoxy groups -OCH3 is 1. The molecule has 3 rings (SSSR count). The summed E-state index contributed by atoms with van der Waals surface area (Å²) in [5.41, 5.74) is 0.990. The van der Waals surface area contributed by atoms with Crippen molar-refractivity contribution in [3.8, 4) is 11.5 Å². The zero-order chi connectivity index (χ0) is 20.3. The first kappa shape index (κ1) is 20.1. The quantitative estimate of drug-likeness (QED) is 0.524. The van der Waals surface area contributed by atoms with Crippen LogP contribution < -0.4 is 4.74 Å². The molecule has 150 valence electrons. The average Bonchev–Trinajstić information content (AvgIpc) is 2.97. The summed E-state index contributed by atoms with van der Waals surface area (Å²) in [4.78, 5) is 12.3. The van der Waals surface area contributed by atoms with Crippen LogP contribution in [0.5, 0.6) is 11.5 Å². The van der Waals surface area contributed by atoms with E-state index in [-0.39, 0.29) is 37.7 Å². The number of aromatic hydroxyl groups is 1. The molecule has 4 N–H and O–H groups in total. The number of hydrogen-bond acceptors (Lipinski definition) is 7. The maximum absolute atomic E-state index is 12.3. The molecule has 2 aromatic carbocycles. The summed E-state index contributed by atoms with van der Waals surface area (Å²) in [7, 11) is 1.43. The van der Waals surface area contributed by atoms with Crippen LogP contribution in [0, 0.1) is 5.92 Å². The molecule has 0 saturated carbocycles. The lowest BCUT2D eigenvalue weighted by Crippen LogP contribution is -2.44. The molecule has 0 bridgehead atoms. The molecule has 1 fully saturated rings. The Labute approximate surface area is 162 Å². The number of phenols is 1. The normalized spacial score (nSPS) is 21.6. The van der Waals surface area contributed by atoms with Gasteiger partial charge in [0, 0.05) is 12.3 Å². The van der Waals surface area contributed by atoms with Gasteiger partial charge in [-0.3, -0.25) is 0 Å². The van der Waals surface area contributed by atoms with E-state index in [9.17, 15) is 25.2 Å². The van der Waals surface area contributed by atoms with E-state index < -0.39 is 17.5 Å². The summed E-state index contributed by atoms with van der Waals surface area (Å²) < 4.78 is 10.2.